The fourth-order valence-electron chi connectivity index (χ4n) is 4.35. The number of hydrogen-bond acceptors (Lipinski definition) is 3. The van der Waals surface area contributed by atoms with Gasteiger partial charge in [0.15, 0.2) is 5.58 Å². The molecule has 1 aliphatic heterocycles. The summed E-state index contributed by atoms with van der Waals surface area (Å²) in [6.07, 6.45) is 1.78. The van der Waals surface area contributed by atoms with Crippen LogP contribution in [0.2, 0.25) is 0 Å². The lowest BCUT2D eigenvalue weighted by Crippen LogP contribution is -2.35. The Hall–Kier alpha value is -3.60. The third-order valence-corrected chi connectivity index (χ3v) is 6.02. The van der Waals surface area contributed by atoms with Crippen molar-refractivity contribution in [2.45, 2.75) is 32.7 Å². The van der Waals surface area contributed by atoms with E-state index in [1.165, 1.54) is 0 Å². The smallest absolute Gasteiger partial charge is 0.322 e. The van der Waals surface area contributed by atoms with E-state index < -0.39 is 0 Å². The lowest BCUT2D eigenvalue weighted by atomic mass is 10.1. The number of aromatic nitrogens is 1. The summed E-state index contributed by atoms with van der Waals surface area (Å²) in [6.45, 7) is 4.71. The van der Waals surface area contributed by atoms with Gasteiger partial charge in [-0.3, -0.25) is 0 Å². The third kappa shape index (κ3) is 3.67. The number of oxazole rings is 1. The number of carbonyl (C=O) groups is 1. The van der Waals surface area contributed by atoms with Crippen LogP contribution in [0.5, 0.6) is 0 Å². The Morgan fingerprint density at radius 1 is 1.00 bits per heavy atom. The number of fused-ring (bicyclic) bond motifs is 1. The number of anilines is 1. The monoisotopic (exact) mass is 411 g/mol. The highest BCUT2D eigenvalue weighted by Gasteiger charge is 2.34. The zero-order chi connectivity index (χ0) is 21.4. The van der Waals surface area contributed by atoms with Gasteiger partial charge in [-0.25, -0.2) is 9.78 Å². The second kappa shape index (κ2) is 7.91. The predicted octanol–water partition coefficient (Wildman–Crippen LogP) is 6.48. The highest BCUT2D eigenvalue weighted by atomic mass is 16.4. The summed E-state index contributed by atoms with van der Waals surface area (Å²) in [7, 11) is 0. The molecule has 0 saturated carbocycles. The molecule has 0 radical (unpaired) electrons. The predicted molar refractivity (Wildman–Crippen MR) is 123 cm³/mol. The Labute approximate surface area is 181 Å². The molecule has 5 heteroatoms. The lowest BCUT2D eigenvalue weighted by Gasteiger charge is -2.23. The van der Waals surface area contributed by atoms with Gasteiger partial charge in [0.25, 0.3) is 0 Å². The number of para-hydroxylation sites is 1. The number of hydrogen-bond donors (Lipinski definition) is 1. The molecule has 1 saturated heterocycles. The van der Waals surface area contributed by atoms with E-state index in [9.17, 15) is 4.79 Å². The third-order valence-electron chi connectivity index (χ3n) is 6.02. The lowest BCUT2D eigenvalue weighted by molar-refractivity contribution is 0.199. The van der Waals surface area contributed by atoms with Crippen molar-refractivity contribution < 1.29 is 9.21 Å². The summed E-state index contributed by atoms with van der Waals surface area (Å²) in [4.78, 5) is 19.7. The molecule has 156 valence electrons. The van der Waals surface area contributed by atoms with Gasteiger partial charge in [-0.05, 0) is 61.1 Å². The maximum Gasteiger partial charge on any atom is 0.322 e. The van der Waals surface area contributed by atoms with E-state index in [0.717, 1.165) is 51.9 Å². The molecule has 0 bridgehead atoms. The Morgan fingerprint density at radius 3 is 2.55 bits per heavy atom. The first-order valence-electron chi connectivity index (χ1n) is 10.7. The van der Waals surface area contributed by atoms with Crippen molar-refractivity contribution in [1.82, 2.24) is 9.88 Å². The highest BCUT2D eigenvalue weighted by molar-refractivity contribution is 5.91. The van der Waals surface area contributed by atoms with E-state index >= 15 is 0 Å². The molecular weight excluding hydrogens is 386 g/mol. The maximum atomic E-state index is 13.1. The zero-order valence-corrected chi connectivity index (χ0v) is 17.8. The van der Waals surface area contributed by atoms with Crippen LogP contribution < -0.4 is 5.32 Å². The van der Waals surface area contributed by atoms with Crippen LogP contribution in [0.15, 0.2) is 71.1 Å². The van der Waals surface area contributed by atoms with Gasteiger partial charge in [0.05, 0.1) is 0 Å². The van der Waals surface area contributed by atoms with Crippen molar-refractivity contribution in [2.24, 2.45) is 0 Å². The fourth-order valence-corrected chi connectivity index (χ4v) is 4.35. The van der Waals surface area contributed by atoms with Crippen molar-refractivity contribution in [3.63, 3.8) is 0 Å². The van der Waals surface area contributed by atoms with Crippen LogP contribution in [0, 0.1) is 13.8 Å². The molecule has 1 aliphatic rings. The number of amides is 2. The molecular formula is C26H25N3O2. The molecule has 0 aliphatic carbocycles. The number of nitrogens with one attached hydrogen (secondary N) is 1. The van der Waals surface area contributed by atoms with Crippen LogP contribution in [0.4, 0.5) is 10.5 Å². The maximum absolute atomic E-state index is 13.1. The van der Waals surface area contributed by atoms with Crippen LogP contribution in [0.25, 0.3) is 22.2 Å². The summed E-state index contributed by atoms with van der Waals surface area (Å²) in [5, 5.41) is 3.10. The molecule has 2 heterocycles. The molecule has 4 aromatic rings. The van der Waals surface area contributed by atoms with Crippen molar-refractivity contribution in [3.8, 4) is 11.1 Å². The average molecular weight is 412 g/mol. The van der Waals surface area contributed by atoms with Crippen LogP contribution in [0.1, 0.15) is 35.9 Å². The Bertz CT molecular complexity index is 1230. The Balaban J connectivity index is 1.41. The summed E-state index contributed by atoms with van der Waals surface area (Å²) >= 11 is 0. The summed E-state index contributed by atoms with van der Waals surface area (Å²) in [5.41, 5.74) is 6.80. The van der Waals surface area contributed by atoms with E-state index in [1.54, 1.807) is 0 Å². The highest BCUT2D eigenvalue weighted by Crippen LogP contribution is 2.35. The standard InChI is InChI=1S/C26H25N3O2/c1-17-8-6-9-18(2)24(17)28-26(30)29-15-7-12-22(29)25-27-21-16-20(13-14-23(21)31-25)19-10-4-3-5-11-19/h3-6,8-11,13-14,16,22H,7,12,15H2,1-2H3,(H,28,30). The number of rotatable bonds is 3. The molecule has 0 spiro atoms. The van der Waals surface area contributed by atoms with Crippen molar-refractivity contribution in [1.29, 1.82) is 0 Å². The van der Waals surface area contributed by atoms with Crippen LogP contribution in [-0.4, -0.2) is 22.5 Å². The first-order chi connectivity index (χ1) is 15.1. The summed E-state index contributed by atoms with van der Waals surface area (Å²) in [6, 6.07) is 22.0. The van der Waals surface area contributed by atoms with Gasteiger partial charge in [0, 0.05) is 12.2 Å². The number of nitrogens with zero attached hydrogens (tertiary/aromatic N) is 2. The first kappa shape index (κ1) is 19.4. The number of aryl methyl sites for hydroxylation is 2. The van der Waals surface area contributed by atoms with E-state index in [2.05, 4.69) is 17.4 Å². The Morgan fingerprint density at radius 2 is 1.77 bits per heavy atom. The van der Waals surface area contributed by atoms with Gasteiger partial charge in [0.2, 0.25) is 5.89 Å². The van der Waals surface area contributed by atoms with Gasteiger partial charge in [0.1, 0.15) is 11.6 Å². The second-order valence-electron chi connectivity index (χ2n) is 8.15. The summed E-state index contributed by atoms with van der Waals surface area (Å²) < 4.78 is 6.09. The molecule has 1 unspecified atom stereocenters. The largest absolute Gasteiger partial charge is 0.438 e. The van der Waals surface area contributed by atoms with Crippen LogP contribution >= 0.6 is 0 Å². The minimum absolute atomic E-state index is 0.105. The number of carbonyl (C=O) groups excluding carboxylic acids is 1. The minimum atomic E-state index is -0.156. The van der Waals surface area contributed by atoms with Crippen molar-refractivity contribution in [3.05, 3.63) is 83.7 Å². The molecule has 5 nitrogen and oxygen atoms in total. The quantitative estimate of drug-likeness (QED) is 0.420. The van der Waals surface area contributed by atoms with Gasteiger partial charge in [-0.1, -0.05) is 54.6 Å². The fraction of sp³-hybridized carbons (Fsp3) is 0.231. The molecule has 1 N–H and O–H groups in total. The number of likely N-dealkylation sites (tertiary alicyclic amines) is 1. The first-order valence-corrected chi connectivity index (χ1v) is 10.7. The topological polar surface area (TPSA) is 58.4 Å². The van der Waals surface area contributed by atoms with E-state index in [-0.39, 0.29) is 12.1 Å². The normalized spacial score (nSPS) is 16.1. The molecule has 1 fully saturated rings. The molecule has 31 heavy (non-hydrogen) atoms. The van der Waals surface area contributed by atoms with Crippen molar-refractivity contribution >= 4 is 22.8 Å². The molecule has 3 aromatic carbocycles. The van der Waals surface area contributed by atoms with E-state index in [4.69, 9.17) is 9.40 Å². The molecule has 2 amide bonds. The summed E-state index contributed by atoms with van der Waals surface area (Å²) in [5.74, 6) is 0.606. The number of benzene rings is 3. The zero-order valence-electron chi connectivity index (χ0n) is 17.8. The number of urea groups is 1. The average Bonchev–Trinajstić information content (AvgIpc) is 3.43. The van der Waals surface area contributed by atoms with Gasteiger partial charge < -0.3 is 14.6 Å². The molecule has 5 rings (SSSR count). The van der Waals surface area contributed by atoms with Crippen LogP contribution in [0.3, 0.4) is 0 Å². The van der Waals surface area contributed by atoms with Gasteiger partial charge in [-0.2, -0.15) is 0 Å². The van der Waals surface area contributed by atoms with Crippen LogP contribution in [-0.2, 0) is 0 Å². The second-order valence-corrected chi connectivity index (χ2v) is 8.15. The van der Waals surface area contributed by atoms with Gasteiger partial charge in [-0.15, -0.1) is 0 Å². The van der Waals surface area contributed by atoms with Crippen molar-refractivity contribution in [2.75, 3.05) is 11.9 Å². The Kier molecular flexibility index (Phi) is 4.94. The van der Waals surface area contributed by atoms with E-state index in [1.807, 2.05) is 73.3 Å². The van der Waals surface area contributed by atoms with E-state index in [0.29, 0.717) is 12.4 Å². The minimum Gasteiger partial charge on any atom is -0.438 e. The SMILES string of the molecule is Cc1cccc(C)c1NC(=O)N1CCCC1c1nc2cc(-c3ccccc3)ccc2o1. The molecule has 1 aromatic heterocycles. The molecule has 1 atom stereocenters. The van der Waals surface area contributed by atoms with Gasteiger partial charge >= 0.3 is 6.03 Å².